The lowest BCUT2D eigenvalue weighted by molar-refractivity contribution is -0.384. The van der Waals surface area contributed by atoms with Crippen LogP contribution in [-0.4, -0.2) is 41.9 Å². The van der Waals surface area contributed by atoms with Crippen molar-refractivity contribution in [3.8, 4) is 0 Å². The molecule has 2 fully saturated rings. The van der Waals surface area contributed by atoms with Gasteiger partial charge in [-0.2, -0.15) is 0 Å². The molecule has 1 saturated carbocycles. The quantitative estimate of drug-likeness (QED) is 0.682. The molecule has 6 heteroatoms. The van der Waals surface area contributed by atoms with E-state index in [0.717, 1.165) is 18.4 Å². The number of nitrogens with zero attached hydrogens (tertiary/aromatic N) is 2. The van der Waals surface area contributed by atoms with E-state index in [1.165, 1.54) is 0 Å². The third-order valence-electron chi connectivity index (χ3n) is 5.47. The Morgan fingerprint density at radius 2 is 2.13 bits per heavy atom. The number of piperidine rings is 1. The summed E-state index contributed by atoms with van der Waals surface area (Å²) in [5.41, 5.74) is 1.57. The first-order valence-corrected chi connectivity index (χ1v) is 8.27. The minimum absolute atomic E-state index is 0.123. The fourth-order valence-corrected chi connectivity index (χ4v) is 4.03. The van der Waals surface area contributed by atoms with Crippen LogP contribution in [0, 0.1) is 22.5 Å². The average Bonchev–Trinajstić information content (AvgIpc) is 2.55. The molecule has 0 amide bonds. The molecule has 126 valence electrons. The van der Waals surface area contributed by atoms with Gasteiger partial charge in [0.15, 0.2) is 0 Å². The average molecular weight is 320 g/mol. The molecule has 3 rings (SSSR count). The number of nitro benzene ring substituents is 1. The number of hydrogen-bond donors (Lipinski definition) is 1. The second-order valence-electron chi connectivity index (χ2n) is 6.66. The van der Waals surface area contributed by atoms with Gasteiger partial charge in [-0.05, 0) is 38.3 Å². The maximum atomic E-state index is 11.3. The highest BCUT2D eigenvalue weighted by molar-refractivity contribution is 5.64. The molecule has 1 aliphatic heterocycles. The molecule has 23 heavy (non-hydrogen) atoms. The molecule has 2 atom stereocenters. The number of nitro groups is 1. The van der Waals surface area contributed by atoms with Crippen LogP contribution in [0.5, 0.6) is 0 Å². The van der Waals surface area contributed by atoms with Gasteiger partial charge in [-0.1, -0.05) is 6.07 Å². The molecule has 1 N–H and O–H groups in total. The fraction of sp³-hybridized carbons (Fsp3) is 0.647. The number of aliphatic hydroxyl groups excluding tert-OH is 1. The van der Waals surface area contributed by atoms with Crippen molar-refractivity contribution in [2.24, 2.45) is 5.41 Å². The van der Waals surface area contributed by atoms with Crippen LogP contribution in [-0.2, 0) is 4.74 Å². The van der Waals surface area contributed by atoms with Crippen LogP contribution in [0.1, 0.15) is 31.7 Å². The van der Waals surface area contributed by atoms with Gasteiger partial charge >= 0.3 is 0 Å². The maximum Gasteiger partial charge on any atom is 0.292 e. The first-order valence-electron chi connectivity index (χ1n) is 8.27. The van der Waals surface area contributed by atoms with Crippen LogP contribution in [0.2, 0.25) is 0 Å². The van der Waals surface area contributed by atoms with E-state index in [1.807, 2.05) is 26.0 Å². The first kappa shape index (κ1) is 16.2. The van der Waals surface area contributed by atoms with Crippen LogP contribution >= 0.6 is 0 Å². The van der Waals surface area contributed by atoms with Crippen molar-refractivity contribution in [2.45, 2.75) is 45.3 Å². The largest absolute Gasteiger partial charge is 0.392 e. The third kappa shape index (κ3) is 2.70. The van der Waals surface area contributed by atoms with E-state index in [4.69, 9.17) is 4.74 Å². The Bertz CT molecular complexity index is 594. The molecule has 1 aromatic carbocycles. The van der Waals surface area contributed by atoms with Crippen molar-refractivity contribution in [3.63, 3.8) is 0 Å². The highest BCUT2D eigenvalue weighted by atomic mass is 16.6. The van der Waals surface area contributed by atoms with Gasteiger partial charge in [0.2, 0.25) is 0 Å². The molecule has 1 aliphatic carbocycles. The Morgan fingerprint density at radius 1 is 1.43 bits per heavy atom. The van der Waals surface area contributed by atoms with E-state index in [-0.39, 0.29) is 28.2 Å². The van der Waals surface area contributed by atoms with Crippen LogP contribution in [0.3, 0.4) is 0 Å². The summed E-state index contributed by atoms with van der Waals surface area (Å²) < 4.78 is 5.77. The Hall–Kier alpha value is -1.66. The van der Waals surface area contributed by atoms with Gasteiger partial charge in [0.1, 0.15) is 5.69 Å². The monoisotopic (exact) mass is 320 g/mol. The van der Waals surface area contributed by atoms with Crippen LogP contribution < -0.4 is 4.90 Å². The standard InChI is InChI=1S/C17H24N2O4/c1-3-23-16-11-15(20)17(16)6-8-18(9-7-17)13-5-4-12(2)10-14(13)19(21)22/h4-5,10,15-16,20H,3,6-9,11H2,1-2H3. The maximum absolute atomic E-state index is 11.3. The molecule has 1 spiro atoms. The molecule has 2 aliphatic rings. The Kier molecular flexibility index (Phi) is 4.29. The number of hydrogen-bond acceptors (Lipinski definition) is 5. The van der Waals surface area contributed by atoms with Crippen molar-refractivity contribution >= 4 is 11.4 Å². The van der Waals surface area contributed by atoms with E-state index in [9.17, 15) is 15.2 Å². The molecule has 1 saturated heterocycles. The Balaban J connectivity index is 1.76. The molecule has 6 nitrogen and oxygen atoms in total. The molecule has 0 aromatic heterocycles. The molecule has 1 heterocycles. The van der Waals surface area contributed by atoms with Crippen LogP contribution in [0.15, 0.2) is 18.2 Å². The smallest absolute Gasteiger partial charge is 0.292 e. The lowest BCUT2D eigenvalue weighted by Crippen LogP contribution is -2.62. The highest BCUT2D eigenvalue weighted by Crippen LogP contribution is 2.51. The summed E-state index contributed by atoms with van der Waals surface area (Å²) in [5, 5.41) is 21.6. The zero-order valence-electron chi connectivity index (χ0n) is 13.7. The van der Waals surface area contributed by atoms with Gasteiger partial charge in [0, 0.05) is 37.6 Å². The second kappa shape index (κ2) is 6.09. The molecular weight excluding hydrogens is 296 g/mol. The van der Waals surface area contributed by atoms with Gasteiger partial charge in [-0.15, -0.1) is 0 Å². The van der Waals surface area contributed by atoms with E-state index in [0.29, 0.717) is 31.8 Å². The topological polar surface area (TPSA) is 75.8 Å². The SMILES string of the molecule is CCOC1CC(O)C12CCN(c1ccc(C)cc1[N+](=O)[O-])CC2. The number of ether oxygens (including phenoxy) is 1. The fourth-order valence-electron chi connectivity index (χ4n) is 4.03. The van der Waals surface area contributed by atoms with Crippen LogP contribution in [0.4, 0.5) is 11.4 Å². The summed E-state index contributed by atoms with van der Waals surface area (Å²) >= 11 is 0. The molecular formula is C17H24N2O4. The highest BCUT2D eigenvalue weighted by Gasteiger charge is 2.56. The van der Waals surface area contributed by atoms with E-state index < -0.39 is 0 Å². The molecule has 2 unspecified atom stereocenters. The van der Waals surface area contributed by atoms with Crippen molar-refractivity contribution in [3.05, 3.63) is 33.9 Å². The van der Waals surface area contributed by atoms with Crippen molar-refractivity contribution in [2.75, 3.05) is 24.6 Å². The number of anilines is 1. The van der Waals surface area contributed by atoms with E-state index in [1.54, 1.807) is 6.07 Å². The number of aryl methyl sites for hydroxylation is 1. The second-order valence-corrected chi connectivity index (χ2v) is 6.66. The predicted molar refractivity (Wildman–Crippen MR) is 87.8 cm³/mol. The summed E-state index contributed by atoms with van der Waals surface area (Å²) in [5.74, 6) is 0. The van der Waals surface area contributed by atoms with Gasteiger partial charge in [-0.25, -0.2) is 0 Å². The minimum Gasteiger partial charge on any atom is -0.392 e. The number of aliphatic hydroxyl groups is 1. The van der Waals surface area contributed by atoms with E-state index in [2.05, 4.69) is 4.90 Å². The van der Waals surface area contributed by atoms with Gasteiger partial charge < -0.3 is 14.7 Å². The lowest BCUT2D eigenvalue weighted by Gasteiger charge is -2.56. The Labute approximate surface area is 136 Å². The number of benzene rings is 1. The first-order chi connectivity index (χ1) is 11.0. The van der Waals surface area contributed by atoms with Crippen molar-refractivity contribution in [1.82, 2.24) is 0 Å². The minimum atomic E-state index is -0.312. The van der Waals surface area contributed by atoms with Crippen LogP contribution in [0.25, 0.3) is 0 Å². The lowest BCUT2D eigenvalue weighted by atomic mass is 9.58. The summed E-state index contributed by atoms with van der Waals surface area (Å²) in [7, 11) is 0. The van der Waals surface area contributed by atoms with Crippen molar-refractivity contribution < 1.29 is 14.8 Å². The van der Waals surface area contributed by atoms with Gasteiger partial charge in [0.05, 0.1) is 17.1 Å². The summed E-state index contributed by atoms with van der Waals surface area (Å²) in [6, 6.07) is 5.37. The summed E-state index contributed by atoms with van der Waals surface area (Å²) in [6.45, 7) is 5.92. The van der Waals surface area contributed by atoms with E-state index >= 15 is 0 Å². The van der Waals surface area contributed by atoms with Gasteiger partial charge in [-0.3, -0.25) is 10.1 Å². The summed E-state index contributed by atoms with van der Waals surface area (Å²) in [4.78, 5) is 13.1. The zero-order valence-corrected chi connectivity index (χ0v) is 13.7. The summed E-state index contributed by atoms with van der Waals surface area (Å²) in [6.07, 6.45) is 2.14. The van der Waals surface area contributed by atoms with Gasteiger partial charge in [0.25, 0.3) is 5.69 Å². The molecule has 1 aromatic rings. The normalized spacial score (nSPS) is 26.1. The molecule has 0 radical (unpaired) electrons. The number of rotatable bonds is 4. The zero-order chi connectivity index (χ0) is 16.6. The Morgan fingerprint density at radius 3 is 2.70 bits per heavy atom. The molecule has 0 bridgehead atoms. The third-order valence-corrected chi connectivity index (χ3v) is 5.47. The predicted octanol–water partition coefficient (Wildman–Crippen LogP) is 2.66. The van der Waals surface area contributed by atoms with Crippen molar-refractivity contribution in [1.29, 1.82) is 0 Å².